The summed E-state index contributed by atoms with van der Waals surface area (Å²) in [6, 6.07) is 20.8. The Morgan fingerprint density at radius 1 is 1.03 bits per heavy atom. The summed E-state index contributed by atoms with van der Waals surface area (Å²) in [4.78, 5) is 13.5. The quantitative estimate of drug-likeness (QED) is 0.303. The number of anilines is 2. The molecule has 0 aliphatic rings. The van der Waals surface area contributed by atoms with Crippen LogP contribution in [0.15, 0.2) is 82.2 Å². The smallest absolute Gasteiger partial charge is 0.265 e. The second kappa shape index (κ2) is 9.54. The van der Waals surface area contributed by atoms with Crippen LogP contribution in [-0.4, -0.2) is 28.0 Å². The number of thiophene rings is 1. The molecular formula is C24H21BrN2O4S2. The Hall–Kier alpha value is -2.88. The van der Waals surface area contributed by atoms with Crippen LogP contribution in [-0.2, 0) is 10.0 Å². The maximum absolute atomic E-state index is 13.0. The first-order valence-corrected chi connectivity index (χ1v) is 13.1. The van der Waals surface area contributed by atoms with Crippen LogP contribution in [0.4, 0.5) is 11.4 Å². The summed E-state index contributed by atoms with van der Waals surface area (Å²) < 4.78 is 34.4. The van der Waals surface area contributed by atoms with Crippen molar-refractivity contribution in [1.82, 2.24) is 0 Å². The zero-order valence-corrected chi connectivity index (χ0v) is 21.1. The Morgan fingerprint density at radius 3 is 2.39 bits per heavy atom. The lowest BCUT2D eigenvalue weighted by molar-refractivity contribution is 0.103. The van der Waals surface area contributed by atoms with Gasteiger partial charge < -0.3 is 10.1 Å². The van der Waals surface area contributed by atoms with E-state index in [0.29, 0.717) is 22.9 Å². The largest absolute Gasteiger partial charge is 0.494 e. The molecule has 6 nitrogen and oxygen atoms in total. The molecule has 3 aromatic carbocycles. The average molecular weight is 545 g/mol. The highest BCUT2D eigenvalue weighted by Gasteiger charge is 2.22. The molecule has 170 valence electrons. The SMILES string of the molecule is CCOc1ccc(NC(=O)c2cc3cc(N(C)S(=O)(=O)c4ccc(Br)cc4)ccc3s2)cc1. The van der Waals surface area contributed by atoms with Gasteiger partial charge in [0.1, 0.15) is 5.75 Å². The van der Waals surface area contributed by atoms with Crippen molar-refractivity contribution in [1.29, 1.82) is 0 Å². The lowest BCUT2D eigenvalue weighted by Gasteiger charge is -2.19. The van der Waals surface area contributed by atoms with Crippen molar-refractivity contribution in [2.75, 3.05) is 23.3 Å². The summed E-state index contributed by atoms with van der Waals surface area (Å²) in [6.07, 6.45) is 0. The average Bonchev–Trinajstić information content (AvgIpc) is 3.24. The molecule has 0 fully saturated rings. The lowest BCUT2D eigenvalue weighted by atomic mass is 10.2. The number of sulfonamides is 1. The van der Waals surface area contributed by atoms with Gasteiger partial charge in [-0.05, 0) is 85.1 Å². The van der Waals surface area contributed by atoms with Crippen LogP contribution in [0.2, 0.25) is 0 Å². The van der Waals surface area contributed by atoms with E-state index in [1.54, 1.807) is 66.7 Å². The minimum atomic E-state index is -3.71. The Labute approximate surface area is 205 Å². The summed E-state index contributed by atoms with van der Waals surface area (Å²) in [5.41, 5.74) is 1.18. The molecule has 0 atom stereocenters. The van der Waals surface area contributed by atoms with Crippen LogP contribution < -0.4 is 14.4 Å². The molecule has 0 saturated carbocycles. The Kier molecular flexibility index (Phi) is 6.73. The van der Waals surface area contributed by atoms with E-state index in [1.807, 2.05) is 13.0 Å². The van der Waals surface area contributed by atoms with Crippen molar-refractivity contribution in [3.8, 4) is 5.75 Å². The summed E-state index contributed by atoms with van der Waals surface area (Å²) in [5, 5.41) is 3.68. The van der Waals surface area contributed by atoms with Crippen molar-refractivity contribution in [2.45, 2.75) is 11.8 Å². The first kappa shape index (κ1) is 23.3. The molecule has 33 heavy (non-hydrogen) atoms. The van der Waals surface area contributed by atoms with Gasteiger partial charge in [0, 0.05) is 21.9 Å². The molecule has 0 aliphatic heterocycles. The second-order valence-corrected chi connectivity index (χ2v) is 11.1. The maximum atomic E-state index is 13.0. The van der Waals surface area contributed by atoms with Gasteiger partial charge in [-0.15, -0.1) is 11.3 Å². The molecule has 1 amide bonds. The van der Waals surface area contributed by atoms with Crippen LogP contribution in [0.25, 0.3) is 10.1 Å². The molecule has 9 heteroatoms. The Bertz CT molecular complexity index is 1400. The van der Waals surface area contributed by atoms with E-state index >= 15 is 0 Å². The fourth-order valence-corrected chi connectivity index (χ4v) is 5.63. The lowest BCUT2D eigenvalue weighted by Crippen LogP contribution is -2.26. The fourth-order valence-electron chi connectivity index (χ4n) is 3.24. The van der Waals surface area contributed by atoms with Gasteiger partial charge >= 0.3 is 0 Å². The minimum Gasteiger partial charge on any atom is -0.494 e. The number of carbonyl (C=O) groups is 1. The van der Waals surface area contributed by atoms with E-state index in [2.05, 4.69) is 21.2 Å². The van der Waals surface area contributed by atoms with Crippen molar-refractivity contribution in [2.24, 2.45) is 0 Å². The number of amides is 1. The van der Waals surface area contributed by atoms with E-state index in [-0.39, 0.29) is 10.8 Å². The van der Waals surface area contributed by atoms with E-state index in [4.69, 9.17) is 4.74 Å². The van der Waals surface area contributed by atoms with Gasteiger partial charge in [0.05, 0.1) is 22.1 Å². The normalized spacial score (nSPS) is 11.4. The van der Waals surface area contributed by atoms with Crippen molar-refractivity contribution in [3.63, 3.8) is 0 Å². The van der Waals surface area contributed by atoms with E-state index in [1.165, 1.54) is 22.7 Å². The number of carbonyl (C=O) groups excluding carboxylic acids is 1. The number of benzene rings is 3. The van der Waals surface area contributed by atoms with Crippen LogP contribution in [0.1, 0.15) is 16.6 Å². The zero-order valence-electron chi connectivity index (χ0n) is 17.9. The summed E-state index contributed by atoms with van der Waals surface area (Å²) in [7, 11) is -2.19. The number of fused-ring (bicyclic) bond motifs is 1. The molecule has 1 heterocycles. The summed E-state index contributed by atoms with van der Waals surface area (Å²) in [5.74, 6) is 0.518. The molecule has 0 saturated heterocycles. The van der Waals surface area contributed by atoms with Gasteiger partial charge in [0.2, 0.25) is 0 Å². The second-order valence-electron chi connectivity index (χ2n) is 7.17. The standard InChI is InChI=1S/C24H21BrN2O4S2/c1-3-31-20-9-6-18(7-10-20)26-24(28)23-15-16-14-19(8-13-22(16)32-23)27(2)33(29,30)21-11-4-17(25)5-12-21/h4-15H,3H2,1-2H3,(H,26,28). The molecule has 0 unspecified atom stereocenters. The van der Waals surface area contributed by atoms with Gasteiger partial charge in [-0.3, -0.25) is 9.10 Å². The topological polar surface area (TPSA) is 75.7 Å². The molecule has 4 aromatic rings. The molecular weight excluding hydrogens is 524 g/mol. The predicted octanol–water partition coefficient (Wildman–Crippen LogP) is 6.14. The number of nitrogens with one attached hydrogen (secondary N) is 1. The monoisotopic (exact) mass is 544 g/mol. The van der Waals surface area contributed by atoms with Gasteiger partial charge in [0.15, 0.2) is 0 Å². The minimum absolute atomic E-state index is 0.203. The molecule has 1 aromatic heterocycles. The Morgan fingerprint density at radius 2 is 1.73 bits per heavy atom. The number of ether oxygens (including phenoxy) is 1. The molecule has 0 bridgehead atoms. The molecule has 4 rings (SSSR count). The number of nitrogens with zero attached hydrogens (tertiary/aromatic N) is 1. The molecule has 0 aliphatic carbocycles. The van der Waals surface area contributed by atoms with Crippen molar-refractivity contribution < 1.29 is 17.9 Å². The van der Waals surface area contributed by atoms with Crippen molar-refractivity contribution >= 4 is 64.7 Å². The van der Waals surface area contributed by atoms with E-state index in [0.717, 1.165) is 20.3 Å². The van der Waals surface area contributed by atoms with Gasteiger partial charge in [-0.25, -0.2) is 8.42 Å². The number of hydrogen-bond donors (Lipinski definition) is 1. The summed E-state index contributed by atoms with van der Waals surface area (Å²) >= 11 is 4.67. The van der Waals surface area contributed by atoms with Crippen molar-refractivity contribution in [3.05, 3.63) is 82.1 Å². The highest BCUT2D eigenvalue weighted by molar-refractivity contribution is 9.10. The summed E-state index contributed by atoms with van der Waals surface area (Å²) in [6.45, 7) is 2.49. The van der Waals surface area contributed by atoms with Crippen LogP contribution in [0, 0.1) is 0 Å². The maximum Gasteiger partial charge on any atom is 0.265 e. The van der Waals surface area contributed by atoms with Gasteiger partial charge in [-0.1, -0.05) is 15.9 Å². The Balaban J connectivity index is 1.55. The molecule has 1 N–H and O–H groups in total. The number of halogens is 1. The highest BCUT2D eigenvalue weighted by atomic mass is 79.9. The van der Waals surface area contributed by atoms with Crippen LogP contribution in [0.5, 0.6) is 5.75 Å². The van der Waals surface area contributed by atoms with E-state index in [9.17, 15) is 13.2 Å². The van der Waals surface area contributed by atoms with Crippen LogP contribution in [0.3, 0.4) is 0 Å². The predicted molar refractivity (Wildman–Crippen MR) is 137 cm³/mol. The highest BCUT2D eigenvalue weighted by Crippen LogP contribution is 2.32. The molecule has 0 radical (unpaired) electrons. The first-order chi connectivity index (χ1) is 15.8. The van der Waals surface area contributed by atoms with E-state index < -0.39 is 10.0 Å². The molecule has 0 spiro atoms. The third-order valence-corrected chi connectivity index (χ3v) is 8.43. The third kappa shape index (κ3) is 5.05. The number of rotatable bonds is 7. The number of hydrogen-bond acceptors (Lipinski definition) is 5. The van der Waals surface area contributed by atoms with Gasteiger partial charge in [0.25, 0.3) is 15.9 Å². The van der Waals surface area contributed by atoms with Crippen LogP contribution >= 0.6 is 27.3 Å². The third-order valence-electron chi connectivity index (χ3n) is 4.98. The fraction of sp³-hybridized carbons (Fsp3) is 0.125. The zero-order chi connectivity index (χ0) is 23.6. The van der Waals surface area contributed by atoms with Gasteiger partial charge in [-0.2, -0.15) is 0 Å². The first-order valence-electron chi connectivity index (χ1n) is 10.1.